The molecule has 0 amide bonds. The third-order valence-electron chi connectivity index (χ3n) is 2.82. The molecule has 2 N–H and O–H groups in total. The van der Waals surface area contributed by atoms with Crippen molar-refractivity contribution in [3.05, 3.63) is 52.0 Å². The number of para-hydroxylation sites is 1. The fraction of sp³-hybridized carbons (Fsp3) is 0.0714. The third-order valence-corrected chi connectivity index (χ3v) is 4.99. The van der Waals surface area contributed by atoms with Crippen molar-refractivity contribution >= 4 is 31.6 Å². The lowest BCUT2D eigenvalue weighted by Crippen LogP contribution is -2.14. The van der Waals surface area contributed by atoms with Gasteiger partial charge in [0, 0.05) is 0 Å². The smallest absolute Gasteiger partial charge is 0.262 e. The van der Waals surface area contributed by atoms with Gasteiger partial charge in [0.05, 0.1) is 26.7 Å². The second-order valence-electron chi connectivity index (χ2n) is 4.33. The molecule has 7 heteroatoms. The van der Waals surface area contributed by atoms with Crippen molar-refractivity contribution in [2.45, 2.75) is 11.8 Å². The standard InChI is InChI=1S/C14H11BrN2O3S/c1-9-7-10(8-16)5-6-13(9)21(19,20)17-12-4-2-3-11(15)14(12)18/h2-7,17-18H,1H3. The largest absolute Gasteiger partial charge is 0.505 e. The van der Waals surface area contributed by atoms with Crippen LogP contribution in [0.1, 0.15) is 11.1 Å². The molecule has 0 unspecified atom stereocenters. The Morgan fingerprint density at radius 2 is 2.00 bits per heavy atom. The van der Waals surface area contributed by atoms with Gasteiger partial charge in [0.1, 0.15) is 0 Å². The second kappa shape index (κ2) is 5.76. The molecule has 0 bridgehead atoms. The summed E-state index contributed by atoms with van der Waals surface area (Å²) in [6, 6.07) is 10.9. The highest BCUT2D eigenvalue weighted by molar-refractivity contribution is 9.10. The molecule has 0 saturated heterocycles. The number of halogens is 1. The van der Waals surface area contributed by atoms with E-state index >= 15 is 0 Å². The summed E-state index contributed by atoms with van der Waals surface area (Å²) in [5, 5.41) is 18.6. The Morgan fingerprint density at radius 1 is 1.29 bits per heavy atom. The van der Waals surface area contributed by atoms with E-state index in [-0.39, 0.29) is 16.3 Å². The number of benzene rings is 2. The van der Waals surface area contributed by atoms with Crippen LogP contribution in [0.2, 0.25) is 0 Å². The van der Waals surface area contributed by atoms with Crippen molar-refractivity contribution in [1.29, 1.82) is 5.26 Å². The minimum atomic E-state index is -3.85. The zero-order chi connectivity index (χ0) is 15.6. The van der Waals surface area contributed by atoms with Gasteiger partial charge in [-0.3, -0.25) is 4.72 Å². The molecule has 0 aliphatic carbocycles. The van der Waals surface area contributed by atoms with E-state index < -0.39 is 10.0 Å². The van der Waals surface area contributed by atoms with Crippen molar-refractivity contribution in [3.63, 3.8) is 0 Å². The number of nitriles is 1. The monoisotopic (exact) mass is 366 g/mol. The van der Waals surface area contributed by atoms with Crippen LogP contribution < -0.4 is 4.72 Å². The number of nitrogens with zero attached hydrogens (tertiary/aromatic N) is 1. The maximum absolute atomic E-state index is 12.4. The van der Waals surface area contributed by atoms with Crippen LogP contribution in [0, 0.1) is 18.3 Å². The summed E-state index contributed by atoms with van der Waals surface area (Å²) in [4.78, 5) is 0.0564. The van der Waals surface area contributed by atoms with E-state index in [1.807, 2.05) is 6.07 Å². The lowest BCUT2D eigenvalue weighted by Gasteiger charge is -2.12. The molecule has 0 saturated carbocycles. The highest BCUT2D eigenvalue weighted by Gasteiger charge is 2.19. The fourth-order valence-electron chi connectivity index (χ4n) is 1.82. The molecule has 0 radical (unpaired) electrons. The first-order valence-corrected chi connectivity index (χ1v) is 8.14. The Balaban J connectivity index is 2.44. The van der Waals surface area contributed by atoms with Crippen molar-refractivity contribution in [1.82, 2.24) is 0 Å². The minimum absolute atomic E-state index is 0.0564. The van der Waals surface area contributed by atoms with Crippen LogP contribution in [0.15, 0.2) is 45.8 Å². The molecule has 2 aromatic carbocycles. The van der Waals surface area contributed by atoms with E-state index in [9.17, 15) is 13.5 Å². The summed E-state index contributed by atoms with van der Waals surface area (Å²) in [5.74, 6) is -0.188. The van der Waals surface area contributed by atoms with Crippen LogP contribution in [-0.2, 0) is 10.0 Å². The van der Waals surface area contributed by atoms with Crippen LogP contribution >= 0.6 is 15.9 Å². The van der Waals surface area contributed by atoms with Crippen LogP contribution in [-0.4, -0.2) is 13.5 Å². The summed E-state index contributed by atoms with van der Waals surface area (Å²) in [7, 11) is -3.85. The molecule has 0 aliphatic rings. The number of phenolic OH excluding ortho intramolecular Hbond substituents is 1. The molecule has 0 aromatic heterocycles. The topological polar surface area (TPSA) is 90.2 Å². The van der Waals surface area contributed by atoms with Gasteiger partial charge in [0.25, 0.3) is 10.0 Å². The molecule has 0 spiro atoms. The van der Waals surface area contributed by atoms with E-state index in [2.05, 4.69) is 20.7 Å². The van der Waals surface area contributed by atoms with Gasteiger partial charge in [0.15, 0.2) is 5.75 Å². The van der Waals surface area contributed by atoms with E-state index in [1.165, 1.54) is 24.3 Å². The second-order valence-corrected chi connectivity index (χ2v) is 6.84. The first-order chi connectivity index (χ1) is 9.85. The van der Waals surface area contributed by atoms with Crippen LogP contribution in [0.4, 0.5) is 5.69 Å². The summed E-state index contributed by atoms with van der Waals surface area (Å²) >= 11 is 3.12. The SMILES string of the molecule is Cc1cc(C#N)ccc1S(=O)(=O)Nc1cccc(Br)c1O. The molecule has 0 atom stereocenters. The number of phenols is 1. The lowest BCUT2D eigenvalue weighted by atomic mass is 10.2. The van der Waals surface area contributed by atoms with Crippen molar-refractivity contribution in [2.24, 2.45) is 0 Å². The van der Waals surface area contributed by atoms with Gasteiger partial charge in [-0.1, -0.05) is 6.07 Å². The van der Waals surface area contributed by atoms with Gasteiger partial charge in [-0.05, 0) is 58.7 Å². The maximum Gasteiger partial charge on any atom is 0.262 e. The van der Waals surface area contributed by atoms with Crippen LogP contribution in [0.5, 0.6) is 5.75 Å². The normalized spacial score (nSPS) is 10.9. The summed E-state index contributed by atoms with van der Waals surface area (Å²) in [5.41, 5.74) is 0.918. The van der Waals surface area contributed by atoms with Gasteiger partial charge in [-0.25, -0.2) is 8.42 Å². The van der Waals surface area contributed by atoms with Crippen LogP contribution in [0.3, 0.4) is 0 Å². The van der Waals surface area contributed by atoms with Crippen molar-refractivity contribution in [2.75, 3.05) is 4.72 Å². The van der Waals surface area contributed by atoms with E-state index in [0.29, 0.717) is 15.6 Å². The van der Waals surface area contributed by atoms with Gasteiger partial charge >= 0.3 is 0 Å². The highest BCUT2D eigenvalue weighted by Crippen LogP contribution is 2.33. The molecular weight excluding hydrogens is 356 g/mol. The number of hydrogen-bond donors (Lipinski definition) is 2. The van der Waals surface area contributed by atoms with E-state index in [0.717, 1.165) is 0 Å². The first-order valence-electron chi connectivity index (χ1n) is 5.86. The Bertz CT molecular complexity index is 842. The lowest BCUT2D eigenvalue weighted by molar-refractivity contribution is 0.474. The molecule has 2 aromatic rings. The quantitative estimate of drug-likeness (QED) is 0.816. The highest BCUT2D eigenvalue weighted by atomic mass is 79.9. The number of hydrogen-bond acceptors (Lipinski definition) is 4. The third kappa shape index (κ3) is 3.17. The molecule has 108 valence electrons. The number of rotatable bonds is 3. The summed E-state index contributed by atoms with van der Waals surface area (Å²) in [6.07, 6.45) is 0. The Hall–Kier alpha value is -2.04. The molecule has 21 heavy (non-hydrogen) atoms. The van der Waals surface area contributed by atoms with Gasteiger partial charge in [0.2, 0.25) is 0 Å². The number of nitrogens with one attached hydrogen (secondary N) is 1. The predicted octanol–water partition coefficient (Wildman–Crippen LogP) is 3.14. The molecular formula is C14H11BrN2O3S. The predicted molar refractivity (Wildman–Crippen MR) is 82.5 cm³/mol. The fourth-order valence-corrected chi connectivity index (χ4v) is 3.48. The molecule has 2 rings (SSSR count). The number of anilines is 1. The molecule has 0 aliphatic heterocycles. The zero-order valence-electron chi connectivity index (χ0n) is 11.0. The van der Waals surface area contributed by atoms with E-state index in [4.69, 9.17) is 5.26 Å². The Morgan fingerprint density at radius 3 is 2.62 bits per heavy atom. The van der Waals surface area contributed by atoms with Crippen molar-refractivity contribution in [3.8, 4) is 11.8 Å². The van der Waals surface area contributed by atoms with Crippen molar-refractivity contribution < 1.29 is 13.5 Å². The van der Waals surface area contributed by atoms with Crippen LogP contribution in [0.25, 0.3) is 0 Å². The van der Waals surface area contributed by atoms with Gasteiger partial charge in [-0.2, -0.15) is 5.26 Å². The average molecular weight is 367 g/mol. The van der Waals surface area contributed by atoms with E-state index in [1.54, 1.807) is 19.1 Å². The van der Waals surface area contributed by atoms with Gasteiger partial charge < -0.3 is 5.11 Å². The maximum atomic E-state index is 12.4. The van der Waals surface area contributed by atoms with Gasteiger partial charge in [-0.15, -0.1) is 0 Å². The molecule has 0 heterocycles. The summed E-state index contributed by atoms with van der Waals surface area (Å²) < 4.78 is 27.4. The average Bonchev–Trinajstić information content (AvgIpc) is 2.43. The summed E-state index contributed by atoms with van der Waals surface area (Å²) in [6.45, 7) is 1.61. The number of aromatic hydroxyl groups is 1. The zero-order valence-corrected chi connectivity index (χ0v) is 13.4. The number of aryl methyl sites for hydroxylation is 1. The Kier molecular flexibility index (Phi) is 4.21. The number of sulfonamides is 1. The molecule has 0 fully saturated rings. The molecule has 5 nitrogen and oxygen atoms in total. The Labute approximate surface area is 131 Å². The minimum Gasteiger partial charge on any atom is -0.505 e. The first kappa shape index (κ1) is 15.4.